The van der Waals surface area contributed by atoms with Gasteiger partial charge < -0.3 is 5.32 Å². The second kappa shape index (κ2) is 6.35. The first kappa shape index (κ1) is 13.6. The summed E-state index contributed by atoms with van der Waals surface area (Å²) in [4.78, 5) is 9.73. The van der Waals surface area contributed by atoms with Crippen molar-refractivity contribution in [3.8, 4) is 0 Å². The zero-order chi connectivity index (χ0) is 13.1. The smallest absolute Gasteiger partial charge is 0.144 e. The Morgan fingerprint density at radius 3 is 2.79 bits per heavy atom. The minimum atomic E-state index is 0.486. The second-order valence-electron chi connectivity index (χ2n) is 5.10. The number of rotatable bonds is 2. The molecule has 1 fully saturated rings. The number of anilines is 1. The Balaban J connectivity index is 1.94. The first-order chi connectivity index (χ1) is 9.38. The SMILES string of the molecule is CNc1nc(C2CSCCS2)nc2c1CCCCC2. The standard InChI is InChI=1S/C14H21N3S2/c1-15-13-10-5-3-2-4-6-11(10)16-14(17-13)12-9-18-7-8-19-12/h12H,2-9H2,1H3,(H,15,16,17). The lowest BCUT2D eigenvalue weighted by Crippen LogP contribution is -2.14. The minimum Gasteiger partial charge on any atom is -0.373 e. The molecule has 1 aliphatic carbocycles. The molecule has 1 aromatic heterocycles. The lowest BCUT2D eigenvalue weighted by molar-refractivity contribution is 0.708. The second-order valence-corrected chi connectivity index (χ2v) is 7.56. The van der Waals surface area contributed by atoms with Gasteiger partial charge in [-0.1, -0.05) is 6.42 Å². The monoisotopic (exact) mass is 295 g/mol. The number of hydrogen-bond acceptors (Lipinski definition) is 5. The molecule has 1 atom stereocenters. The summed E-state index contributed by atoms with van der Waals surface area (Å²) in [6, 6.07) is 0. The van der Waals surface area contributed by atoms with Gasteiger partial charge in [-0.15, -0.1) is 11.8 Å². The van der Waals surface area contributed by atoms with E-state index in [1.807, 2.05) is 30.6 Å². The summed E-state index contributed by atoms with van der Waals surface area (Å²) >= 11 is 4.05. The van der Waals surface area contributed by atoms with E-state index in [9.17, 15) is 0 Å². The fourth-order valence-electron chi connectivity index (χ4n) is 2.78. The van der Waals surface area contributed by atoms with Crippen molar-refractivity contribution in [2.45, 2.75) is 37.4 Å². The molecule has 5 heteroatoms. The summed E-state index contributed by atoms with van der Waals surface area (Å²) in [5, 5.41) is 3.78. The van der Waals surface area contributed by atoms with E-state index in [-0.39, 0.29) is 0 Å². The van der Waals surface area contributed by atoms with E-state index in [4.69, 9.17) is 9.97 Å². The highest BCUT2D eigenvalue weighted by molar-refractivity contribution is 8.06. The molecule has 0 spiro atoms. The molecule has 19 heavy (non-hydrogen) atoms. The highest BCUT2D eigenvalue weighted by Crippen LogP contribution is 2.36. The summed E-state index contributed by atoms with van der Waals surface area (Å²) < 4.78 is 0. The first-order valence-electron chi connectivity index (χ1n) is 7.15. The molecule has 2 aliphatic rings. The van der Waals surface area contributed by atoms with Crippen molar-refractivity contribution in [3.05, 3.63) is 17.1 Å². The Hall–Kier alpha value is -0.420. The molecule has 1 aliphatic heterocycles. The lowest BCUT2D eigenvalue weighted by atomic mass is 10.1. The van der Waals surface area contributed by atoms with Crippen LogP contribution in [0.15, 0.2) is 0 Å². The fraction of sp³-hybridized carbons (Fsp3) is 0.714. The average molecular weight is 295 g/mol. The van der Waals surface area contributed by atoms with Crippen LogP contribution in [0.5, 0.6) is 0 Å². The van der Waals surface area contributed by atoms with Crippen molar-refractivity contribution < 1.29 is 0 Å². The highest BCUT2D eigenvalue weighted by atomic mass is 32.2. The van der Waals surface area contributed by atoms with Gasteiger partial charge in [0.25, 0.3) is 0 Å². The molecule has 0 saturated carbocycles. The lowest BCUT2D eigenvalue weighted by Gasteiger charge is -2.22. The quantitative estimate of drug-likeness (QED) is 0.847. The largest absolute Gasteiger partial charge is 0.373 e. The van der Waals surface area contributed by atoms with Gasteiger partial charge in [0.2, 0.25) is 0 Å². The molecular weight excluding hydrogens is 274 g/mol. The number of aromatic nitrogens is 2. The maximum atomic E-state index is 4.92. The third-order valence-corrected chi connectivity index (χ3v) is 6.54. The van der Waals surface area contributed by atoms with Gasteiger partial charge >= 0.3 is 0 Å². The predicted molar refractivity (Wildman–Crippen MR) is 85.4 cm³/mol. The van der Waals surface area contributed by atoms with Gasteiger partial charge in [-0.25, -0.2) is 9.97 Å². The van der Waals surface area contributed by atoms with Crippen molar-refractivity contribution >= 4 is 29.3 Å². The van der Waals surface area contributed by atoms with E-state index < -0.39 is 0 Å². The highest BCUT2D eigenvalue weighted by Gasteiger charge is 2.23. The van der Waals surface area contributed by atoms with Gasteiger partial charge in [-0.2, -0.15) is 11.8 Å². The van der Waals surface area contributed by atoms with Crippen LogP contribution >= 0.6 is 23.5 Å². The van der Waals surface area contributed by atoms with Crippen molar-refractivity contribution in [3.63, 3.8) is 0 Å². The van der Waals surface area contributed by atoms with Gasteiger partial charge in [0.05, 0.1) is 5.25 Å². The van der Waals surface area contributed by atoms with Crippen LogP contribution < -0.4 is 5.32 Å². The van der Waals surface area contributed by atoms with Crippen molar-refractivity contribution in [1.82, 2.24) is 9.97 Å². The molecule has 0 bridgehead atoms. The van der Waals surface area contributed by atoms with Crippen molar-refractivity contribution in [1.29, 1.82) is 0 Å². The number of thioether (sulfide) groups is 2. The van der Waals surface area contributed by atoms with Crippen LogP contribution in [0.25, 0.3) is 0 Å². The number of nitrogens with zero attached hydrogens (tertiary/aromatic N) is 2. The number of fused-ring (bicyclic) bond motifs is 1. The Bertz CT molecular complexity index is 445. The van der Waals surface area contributed by atoms with E-state index in [0.29, 0.717) is 5.25 Å². The molecule has 2 heterocycles. The molecule has 104 valence electrons. The summed E-state index contributed by atoms with van der Waals surface area (Å²) in [6.07, 6.45) is 6.14. The van der Waals surface area contributed by atoms with Crippen LogP contribution in [-0.2, 0) is 12.8 Å². The van der Waals surface area contributed by atoms with Gasteiger partial charge in [0, 0.05) is 35.6 Å². The van der Waals surface area contributed by atoms with Crippen LogP contribution in [0.2, 0.25) is 0 Å². The number of nitrogens with one attached hydrogen (secondary N) is 1. The third-order valence-electron chi connectivity index (χ3n) is 3.79. The van der Waals surface area contributed by atoms with E-state index in [2.05, 4.69) is 5.32 Å². The zero-order valence-corrected chi connectivity index (χ0v) is 13.1. The molecule has 1 saturated heterocycles. The van der Waals surface area contributed by atoms with Crippen LogP contribution in [0.3, 0.4) is 0 Å². The minimum absolute atomic E-state index is 0.486. The summed E-state index contributed by atoms with van der Waals surface area (Å²) in [7, 11) is 1.99. The van der Waals surface area contributed by atoms with Crippen LogP contribution in [0.1, 0.15) is 41.6 Å². The summed E-state index contributed by atoms with van der Waals surface area (Å²) in [5.41, 5.74) is 2.68. The molecule has 0 aromatic carbocycles. The van der Waals surface area contributed by atoms with E-state index in [1.54, 1.807) is 0 Å². The Labute approximate surface area is 123 Å². The fourth-order valence-corrected chi connectivity index (χ4v) is 5.38. The van der Waals surface area contributed by atoms with Gasteiger partial charge in [0.15, 0.2) is 0 Å². The van der Waals surface area contributed by atoms with Crippen LogP contribution in [0.4, 0.5) is 5.82 Å². The van der Waals surface area contributed by atoms with E-state index in [1.165, 1.54) is 42.0 Å². The van der Waals surface area contributed by atoms with Gasteiger partial charge in [0.1, 0.15) is 11.6 Å². The normalized spacial score (nSPS) is 23.5. The molecule has 1 N–H and O–H groups in total. The Kier molecular flexibility index (Phi) is 4.53. The summed E-state index contributed by atoms with van der Waals surface area (Å²) in [5.74, 6) is 5.79. The maximum Gasteiger partial charge on any atom is 0.144 e. The summed E-state index contributed by atoms with van der Waals surface area (Å²) in [6.45, 7) is 0. The van der Waals surface area contributed by atoms with E-state index in [0.717, 1.165) is 30.2 Å². The predicted octanol–water partition coefficient (Wildman–Crippen LogP) is 3.31. The molecule has 3 rings (SSSR count). The average Bonchev–Trinajstić information content (AvgIpc) is 2.72. The Morgan fingerprint density at radius 1 is 1.11 bits per heavy atom. The van der Waals surface area contributed by atoms with Gasteiger partial charge in [-0.05, 0) is 25.7 Å². The molecule has 1 unspecified atom stereocenters. The van der Waals surface area contributed by atoms with Crippen LogP contribution in [0, 0.1) is 0 Å². The van der Waals surface area contributed by atoms with Crippen molar-refractivity contribution in [2.24, 2.45) is 0 Å². The van der Waals surface area contributed by atoms with Crippen molar-refractivity contribution in [2.75, 3.05) is 29.6 Å². The molecule has 3 nitrogen and oxygen atoms in total. The number of aryl methyl sites for hydroxylation is 1. The molecule has 0 amide bonds. The topological polar surface area (TPSA) is 37.8 Å². The van der Waals surface area contributed by atoms with Crippen LogP contribution in [-0.4, -0.2) is 34.3 Å². The number of hydrogen-bond donors (Lipinski definition) is 1. The zero-order valence-electron chi connectivity index (χ0n) is 11.4. The maximum absolute atomic E-state index is 4.92. The molecular formula is C14H21N3S2. The Morgan fingerprint density at radius 2 is 2.00 bits per heavy atom. The van der Waals surface area contributed by atoms with Gasteiger partial charge in [-0.3, -0.25) is 0 Å². The first-order valence-corrected chi connectivity index (χ1v) is 9.35. The molecule has 1 aromatic rings. The van der Waals surface area contributed by atoms with E-state index >= 15 is 0 Å². The molecule has 0 radical (unpaired) electrons. The third kappa shape index (κ3) is 3.02.